The van der Waals surface area contributed by atoms with E-state index in [1.165, 1.54) is 0 Å². The largest absolute Gasteiger partial charge is 0.352 e. The molecule has 2 aromatic carbocycles. The van der Waals surface area contributed by atoms with Gasteiger partial charge >= 0.3 is 0 Å². The number of nitrogens with one attached hydrogen (secondary N) is 4. The maximum Gasteiger partial charge on any atom is 0.251 e. The summed E-state index contributed by atoms with van der Waals surface area (Å²) in [6.07, 6.45) is 8.46. The summed E-state index contributed by atoms with van der Waals surface area (Å²) in [7, 11) is 0. The average molecular weight is 664 g/mol. The van der Waals surface area contributed by atoms with Crippen LogP contribution in [0.5, 0.6) is 0 Å². The summed E-state index contributed by atoms with van der Waals surface area (Å²) in [4.78, 5) is 41.7. The number of benzene rings is 2. The standard InChI is InChI=1S/C37H45N9O3/c1-3-39-33(48)25-10-12-29-23(16-25)8-9-24-17-26(34(49)40-4-2)11-13-30(24)37(29,35-42-44-45-43-35)22-36(14-6-5-7-15-36)41-21-32(47)46-28(20-38)18-27-19-31(27)46/h10-13,16-17,27-28,31,41H,3-9,14-15,18-19,21-22H2,1-2H3,(H,39,48)(H,40,49)(H,42,43,44,45)/t27-,28+,31+/m1/s1. The SMILES string of the molecule is CCNC(=O)c1ccc2c(c1)CCc1cc(C(=O)NCC)ccc1C2(CC1(NCC(=O)N2[C@H](C#N)C[C@@H]3C[C@@H]32)CCCCC1)c1nnn[nH]1. The second-order valence-corrected chi connectivity index (χ2v) is 14.2. The number of amides is 3. The number of carbonyl (C=O) groups excluding carboxylic acids is 3. The lowest BCUT2D eigenvalue weighted by molar-refractivity contribution is -0.131. The molecule has 3 aromatic rings. The minimum atomic E-state index is -0.887. The van der Waals surface area contributed by atoms with Gasteiger partial charge in [-0.3, -0.25) is 14.4 Å². The van der Waals surface area contributed by atoms with Crippen LogP contribution >= 0.6 is 0 Å². The highest BCUT2D eigenvalue weighted by molar-refractivity contribution is 5.95. The number of aryl methyl sites for hydroxylation is 2. The summed E-state index contributed by atoms with van der Waals surface area (Å²) < 4.78 is 0. The van der Waals surface area contributed by atoms with Crippen molar-refractivity contribution in [1.82, 2.24) is 41.5 Å². The van der Waals surface area contributed by atoms with E-state index in [1.54, 1.807) is 0 Å². The van der Waals surface area contributed by atoms with E-state index in [4.69, 9.17) is 0 Å². The number of fused-ring (bicyclic) bond motifs is 3. The molecule has 1 aromatic heterocycles. The van der Waals surface area contributed by atoms with Crippen molar-refractivity contribution in [1.29, 1.82) is 5.26 Å². The predicted octanol–water partition coefficient (Wildman–Crippen LogP) is 3.33. The molecule has 3 atom stereocenters. The number of nitriles is 1. The Kier molecular flexibility index (Phi) is 8.96. The number of tetrazole rings is 1. The molecule has 0 spiro atoms. The molecule has 0 radical (unpaired) electrons. The van der Waals surface area contributed by atoms with Gasteiger partial charge in [-0.15, -0.1) is 5.10 Å². The topological polar surface area (TPSA) is 169 Å². The van der Waals surface area contributed by atoms with Crippen molar-refractivity contribution in [3.63, 3.8) is 0 Å². The molecular formula is C37H45N9O3. The van der Waals surface area contributed by atoms with Crippen molar-refractivity contribution >= 4 is 17.7 Å². The zero-order valence-electron chi connectivity index (χ0n) is 28.3. The first-order valence-electron chi connectivity index (χ1n) is 17.9. The fourth-order valence-corrected chi connectivity index (χ4v) is 8.96. The number of hydrogen-bond donors (Lipinski definition) is 4. The Morgan fingerprint density at radius 1 is 0.939 bits per heavy atom. The van der Waals surface area contributed by atoms with Crippen LogP contribution in [0, 0.1) is 17.2 Å². The van der Waals surface area contributed by atoms with Gasteiger partial charge in [-0.25, -0.2) is 5.10 Å². The zero-order valence-corrected chi connectivity index (χ0v) is 28.3. The summed E-state index contributed by atoms with van der Waals surface area (Å²) in [5.41, 5.74) is 3.89. The second-order valence-electron chi connectivity index (χ2n) is 14.2. The summed E-state index contributed by atoms with van der Waals surface area (Å²) in [5, 5.41) is 35.3. The highest BCUT2D eigenvalue weighted by atomic mass is 16.2. The molecule has 7 rings (SSSR count). The van der Waals surface area contributed by atoms with E-state index in [9.17, 15) is 19.6 Å². The van der Waals surface area contributed by atoms with Gasteiger partial charge in [0.1, 0.15) is 6.04 Å². The Labute approximate surface area is 286 Å². The lowest BCUT2D eigenvalue weighted by Gasteiger charge is -2.46. The molecule has 2 saturated carbocycles. The number of carbonyl (C=O) groups is 3. The highest BCUT2D eigenvalue weighted by Gasteiger charge is 2.55. The third kappa shape index (κ3) is 5.98. The van der Waals surface area contributed by atoms with Gasteiger partial charge in [-0.2, -0.15) is 5.26 Å². The molecule has 4 N–H and O–H groups in total. The minimum Gasteiger partial charge on any atom is -0.352 e. The summed E-state index contributed by atoms with van der Waals surface area (Å²) in [5.74, 6) is 0.758. The van der Waals surface area contributed by atoms with Crippen LogP contribution in [0.3, 0.4) is 0 Å². The van der Waals surface area contributed by atoms with Crippen molar-refractivity contribution in [2.75, 3.05) is 19.6 Å². The molecule has 2 heterocycles. The molecule has 49 heavy (non-hydrogen) atoms. The van der Waals surface area contributed by atoms with Crippen LogP contribution in [0.25, 0.3) is 0 Å². The maximum absolute atomic E-state index is 13.8. The Hall–Kier alpha value is -4.63. The minimum absolute atomic E-state index is 0.0169. The van der Waals surface area contributed by atoms with Crippen LogP contribution in [0.2, 0.25) is 0 Å². The third-order valence-electron chi connectivity index (χ3n) is 11.3. The first kappa shape index (κ1) is 32.9. The Morgan fingerprint density at radius 3 is 2.12 bits per heavy atom. The normalized spacial score (nSPS) is 22.9. The van der Waals surface area contributed by atoms with Crippen molar-refractivity contribution in [2.45, 2.75) is 101 Å². The fraction of sp³-hybridized carbons (Fsp3) is 0.541. The summed E-state index contributed by atoms with van der Waals surface area (Å²) in [6, 6.07) is 14.0. The van der Waals surface area contributed by atoms with Gasteiger partial charge in [0.05, 0.1) is 18.0 Å². The van der Waals surface area contributed by atoms with E-state index in [1.807, 2.05) is 55.1 Å². The average Bonchev–Trinajstić information content (AvgIpc) is 3.50. The summed E-state index contributed by atoms with van der Waals surface area (Å²) in [6.45, 7) is 5.01. The van der Waals surface area contributed by atoms with Gasteiger partial charge in [0, 0.05) is 35.8 Å². The lowest BCUT2D eigenvalue weighted by atomic mass is 9.62. The molecule has 1 aliphatic heterocycles. The molecule has 0 unspecified atom stereocenters. The van der Waals surface area contributed by atoms with Gasteiger partial charge in [-0.1, -0.05) is 31.4 Å². The smallest absolute Gasteiger partial charge is 0.251 e. The van der Waals surface area contributed by atoms with Gasteiger partial charge < -0.3 is 20.9 Å². The van der Waals surface area contributed by atoms with Gasteiger partial charge in [-0.05, 0) is 122 Å². The van der Waals surface area contributed by atoms with E-state index in [-0.39, 0.29) is 36.3 Å². The quantitative estimate of drug-likeness (QED) is 0.256. The molecule has 0 bridgehead atoms. The first-order valence-corrected chi connectivity index (χ1v) is 17.9. The monoisotopic (exact) mass is 663 g/mol. The van der Waals surface area contributed by atoms with E-state index in [0.717, 1.165) is 67.2 Å². The number of likely N-dealkylation sites (tertiary alicyclic amines) is 1. The summed E-state index contributed by atoms with van der Waals surface area (Å²) >= 11 is 0. The molecule has 3 fully saturated rings. The van der Waals surface area contributed by atoms with Crippen molar-refractivity contribution in [2.24, 2.45) is 5.92 Å². The van der Waals surface area contributed by atoms with Crippen LogP contribution in [0.1, 0.15) is 114 Å². The van der Waals surface area contributed by atoms with Gasteiger partial charge in [0.15, 0.2) is 5.82 Å². The maximum atomic E-state index is 13.8. The second kappa shape index (κ2) is 13.3. The number of rotatable bonds is 10. The Bertz CT molecular complexity index is 1710. The first-order chi connectivity index (χ1) is 23.8. The van der Waals surface area contributed by atoms with Crippen molar-refractivity contribution < 1.29 is 14.4 Å². The fourth-order valence-electron chi connectivity index (χ4n) is 8.96. The third-order valence-corrected chi connectivity index (χ3v) is 11.3. The van der Waals surface area contributed by atoms with E-state index in [2.05, 4.69) is 42.6 Å². The number of aromatic amines is 1. The number of H-pyrrole nitrogens is 1. The highest BCUT2D eigenvalue weighted by Crippen LogP contribution is 2.51. The predicted molar refractivity (Wildman–Crippen MR) is 182 cm³/mol. The molecule has 1 saturated heterocycles. The number of nitrogens with zero attached hydrogens (tertiary/aromatic N) is 5. The van der Waals surface area contributed by atoms with Gasteiger partial charge in [0.2, 0.25) is 5.91 Å². The van der Waals surface area contributed by atoms with Crippen LogP contribution in [0.15, 0.2) is 36.4 Å². The zero-order chi connectivity index (χ0) is 34.2. The molecule has 3 aliphatic carbocycles. The molecular weight excluding hydrogens is 618 g/mol. The molecule has 4 aliphatic rings. The Morgan fingerprint density at radius 2 is 1.57 bits per heavy atom. The van der Waals surface area contributed by atoms with E-state index < -0.39 is 11.0 Å². The van der Waals surface area contributed by atoms with Crippen molar-refractivity contribution in [3.05, 3.63) is 75.6 Å². The van der Waals surface area contributed by atoms with Crippen LogP contribution in [-0.4, -0.2) is 80.5 Å². The van der Waals surface area contributed by atoms with Crippen LogP contribution in [-0.2, 0) is 23.1 Å². The van der Waals surface area contributed by atoms with Crippen molar-refractivity contribution in [3.8, 4) is 6.07 Å². The van der Waals surface area contributed by atoms with Crippen LogP contribution < -0.4 is 16.0 Å². The van der Waals surface area contributed by atoms with E-state index >= 15 is 0 Å². The van der Waals surface area contributed by atoms with Gasteiger partial charge in [0.25, 0.3) is 11.8 Å². The number of hydrogen-bond acceptors (Lipinski definition) is 8. The van der Waals surface area contributed by atoms with E-state index in [0.29, 0.717) is 55.2 Å². The van der Waals surface area contributed by atoms with Crippen LogP contribution in [0.4, 0.5) is 0 Å². The Balaban J connectivity index is 1.35. The number of piperidine rings is 1. The lowest BCUT2D eigenvalue weighted by Crippen LogP contribution is -2.55. The molecule has 3 amide bonds. The molecule has 12 nitrogen and oxygen atoms in total. The molecule has 12 heteroatoms. The molecule has 256 valence electrons. The number of aromatic nitrogens is 4.